The number of nitrogens with zero attached hydrogens (tertiary/aromatic N) is 1. The number of rotatable bonds is 2. The second kappa shape index (κ2) is 3.21. The zero-order valence-electron chi connectivity index (χ0n) is 8.07. The van der Waals surface area contributed by atoms with Crippen LogP contribution in [0.4, 0.5) is 0 Å². The van der Waals surface area contributed by atoms with E-state index in [0.29, 0.717) is 0 Å². The van der Waals surface area contributed by atoms with Crippen LogP contribution in [0.5, 0.6) is 0 Å². The number of hydrogen-bond acceptors (Lipinski definition) is 3. The van der Waals surface area contributed by atoms with Gasteiger partial charge in [0, 0.05) is 6.08 Å². The van der Waals surface area contributed by atoms with E-state index >= 15 is 0 Å². The molecule has 1 aliphatic rings. The maximum atomic E-state index is 11.2. The van der Waals surface area contributed by atoms with Crippen molar-refractivity contribution >= 4 is 5.97 Å². The summed E-state index contributed by atoms with van der Waals surface area (Å²) in [6.07, 6.45) is 3.21. The van der Waals surface area contributed by atoms with E-state index in [1.54, 1.807) is 6.08 Å². The van der Waals surface area contributed by atoms with Crippen molar-refractivity contribution in [2.24, 2.45) is 17.3 Å². The molecule has 0 aliphatic heterocycles. The first-order valence-corrected chi connectivity index (χ1v) is 4.19. The monoisotopic (exact) mass is 179 g/mol. The first-order valence-electron chi connectivity index (χ1n) is 4.19. The highest BCUT2D eigenvalue weighted by molar-refractivity contribution is 5.78. The largest absolute Gasteiger partial charge is 0.469 e. The number of esters is 1. The van der Waals surface area contributed by atoms with Crippen LogP contribution in [0.15, 0.2) is 12.2 Å². The Kier molecular flexibility index (Phi) is 2.42. The molecule has 0 aromatic carbocycles. The SMILES string of the molecule is COC(=O)[C@@H]1[C@H](/C=C\C#N)C1(C)C. The first kappa shape index (κ1) is 9.79. The molecule has 0 spiro atoms. The van der Waals surface area contributed by atoms with Gasteiger partial charge in [-0.2, -0.15) is 5.26 Å². The van der Waals surface area contributed by atoms with Gasteiger partial charge in [-0.25, -0.2) is 0 Å². The summed E-state index contributed by atoms with van der Waals surface area (Å²) < 4.78 is 4.66. The minimum absolute atomic E-state index is 0.0551. The number of ether oxygens (including phenoxy) is 1. The van der Waals surface area contributed by atoms with Gasteiger partial charge in [-0.3, -0.25) is 4.79 Å². The molecular formula is C10H13NO2. The fourth-order valence-electron chi connectivity index (χ4n) is 1.76. The topological polar surface area (TPSA) is 50.1 Å². The Hall–Kier alpha value is -1.30. The lowest BCUT2D eigenvalue weighted by molar-refractivity contribution is -0.143. The van der Waals surface area contributed by atoms with E-state index in [1.807, 2.05) is 19.9 Å². The van der Waals surface area contributed by atoms with Gasteiger partial charge in [-0.1, -0.05) is 19.9 Å². The molecule has 70 valence electrons. The highest BCUT2D eigenvalue weighted by atomic mass is 16.5. The Morgan fingerprint density at radius 3 is 2.69 bits per heavy atom. The van der Waals surface area contributed by atoms with E-state index in [4.69, 9.17) is 5.26 Å². The number of nitriles is 1. The van der Waals surface area contributed by atoms with Crippen molar-refractivity contribution in [3.05, 3.63) is 12.2 Å². The highest BCUT2D eigenvalue weighted by Gasteiger charge is 2.61. The van der Waals surface area contributed by atoms with Crippen LogP contribution < -0.4 is 0 Å². The third kappa shape index (κ3) is 1.57. The molecule has 0 radical (unpaired) electrons. The minimum atomic E-state index is -0.183. The Morgan fingerprint density at radius 1 is 1.62 bits per heavy atom. The van der Waals surface area contributed by atoms with Crippen molar-refractivity contribution in [2.75, 3.05) is 7.11 Å². The molecule has 1 fully saturated rings. The van der Waals surface area contributed by atoms with Gasteiger partial charge in [-0.15, -0.1) is 0 Å². The Balaban J connectivity index is 2.67. The third-order valence-corrected chi connectivity index (χ3v) is 2.74. The van der Waals surface area contributed by atoms with E-state index < -0.39 is 0 Å². The normalized spacial score (nSPS) is 29.7. The van der Waals surface area contributed by atoms with Crippen molar-refractivity contribution in [3.8, 4) is 6.07 Å². The number of hydrogen-bond donors (Lipinski definition) is 0. The molecule has 3 heteroatoms. The van der Waals surface area contributed by atoms with Gasteiger partial charge < -0.3 is 4.74 Å². The van der Waals surface area contributed by atoms with Crippen LogP contribution in [0.25, 0.3) is 0 Å². The van der Waals surface area contributed by atoms with Crippen LogP contribution in [0.3, 0.4) is 0 Å². The second-order valence-electron chi connectivity index (χ2n) is 3.84. The summed E-state index contributed by atoms with van der Waals surface area (Å²) >= 11 is 0. The summed E-state index contributed by atoms with van der Waals surface area (Å²) in [4.78, 5) is 11.2. The molecule has 13 heavy (non-hydrogen) atoms. The molecule has 2 atom stereocenters. The molecule has 0 saturated heterocycles. The van der Waals surface area contributed by atoms with Gasteiger partial charge in [0.15, 0.2) is 0 Å². The molecule has 0 bridgehead atoms. The van der Waals surface area contributed by atoms with Crippen molar-refractivity contribution in [1.82, 2.24) is 0 Å². The highest BCUT2D eigenvalue weighted by Crippen LogP contribution is 2.59. The number of allylic oxidation sites excluding steroid dienone is 2. The minimum Gasteiger partial charge on any atom is -0.469 e. The molecule has 3 nitrogen and oxygen atoms in total. The second-order valence-corrected chi connectivity index (χ2v) is 3.84. The average Bonchev–Trinajstić information content (AvgIpc) is 2.63. The maximum Gasteiger partial charge on any atom is 0.309 e. The Bertz CT molecular complexity index is 286. The number of carbonyl (C=O) groups is 1. The zero-order chi connectivity index (χ0) is 10.1. The van der Waals surface area contributed by atoms with Crippen LogP contribution in [0.2, 0.25) is 0 Å². The fraction of sp³-hybridized carbons (Fsp3) is 0.600. The molecule has 1 rings (SSSR count). The molecule has 0 aromatic rings. The van der Waals surface area contributed by atoms with Crippen molar-refractivity contribution in [2.45, 2.75) is 13.8 Å². The fourth-order valence-corrected chi connectivity index (χ4v) is 1.76. The summed E-state index contributed by atoms with van der Waals surface area (Å²) in [5.74, 6) is -0.112. The average molecular weight is 179 g/mol. The van der Waals surface area contributed by atoms with Gasteiger partial charge in [0.2, 0.25) is 0 Å². The lowest BCUT2D eigenvalue weighted by Gasteiger charge is -1.98. The Morgan fingerprint density at radius 2 is 2.23 bits per heavy atom. The van der Waals surface area contributed by atoms with E-state index in [1.165, 1.54) is 13.2 Å². The first-order chi connectivity index (χ1) is 6.05. The molecule has 0 heterocycles. The molecule has 1 saturated carbocycles. The lowest BCUT2D eigenvalue weighted by atomic mass is 10.1. The number of methoxy groups -OCH3 is 1. The summed E-state index contributed by atoms with van der Waals surface area (Å²) in [5.41, 5.74) is -0.0551. The van der Waals surface area contributed by atoms with Gasteiger partial charge in [-0.05, 0) is 11.3 Å². The predicted octanol–water partition coefficient (Wildman–Crippen LogP) is 1.51. The van der Waals surface area contributed by atoms with Crippen LogP contribution in [0, 0.1) is 28.6 Å². The summed E-state index contributed by atoms with van der Waals surface area (Å²) in [5, 5.41) is 8.34. The van der Waals surface area contributed by atoms with Gasteiger partial charge in [0.05, 0.1) is 19.1 Å². The van der Waals surface area contributed by atoms with Crippen molar-refractivity contribution in [3.63, 3.8) is 0 Å². The Labute approximate surface area is 78.0 Å². The molecule has 0 amide bonds. The number of carbonyl (C=O) groups excluding carboxylic acids is 1. The van der Waals surface area contributed by atoms with E-state index in [-0.39, 0.29) is 23.2 Å². The van der Waals surface area contributed by atoms with Crippen molar-refractivity contribution in [1.29, 1.82) is 5.26 Å². The molecule has 1 aliphatic carbocycles. The van der Waals surface area contributed by atoms with Crippen LogP contribution in [0.1, 0.15) is 13.8 Å². The van der Waals surface area contributed by atoms with Crippen LogP contribution >= 0.6 is 0 Å². The van der Waals surface area contributed by atoms with E-state index in [2.05, 4.69) is 4.74 Å². The maximum absolute atomic E-state index is 11.2. The summed E-state index contributed by atoms with van der Waals surface area (Å²) in [6, 6.07) is 1.92. The molecule has 0 aromatic heterocycles. The van der Waals surface area contributed by atoms with Crippen LogP contribution in [-0.4, -0.2) is 13.1 Å². The van der Waals surface area contributed by atoms with Crippen molar-refractivity contribution < 1.29 is 9.53 Å². The molecule has 0 unspecified atom stereocenters. The molecular weight excluding hydrogens is 166 g/mol. The smallest absolute Gasteiger partial charge is 0.309 e. The van der Waals surface area contributed by atoms with Gasteiger partial charge in [0.1, 0.15) is 0 Å². The predicted molar refractivity (Wildman–Crippen MR) is 47.5 cm³/mol. The van der Waals surface area contributed by atoms with E-state index in [0.717, 1.165) is 0 Å². The summed E-state index contributed by atoms with van der Waals surface area (Å²) in [6.45, 7) is 4.00. The van der Waals surface area contributed by atoms with E-state index in [9.17, 15) is 4.79 Å². The van der Waals surface area contributed by atoms with Gasteiger partial charge >= 0.3 is 5.97 Å². The van der Waals surface area contributed by atoms with Gasteiger partial charge in [0.25, 0.3) is 0 Å². The standard InChI is InChI=1S/C10H13NO2/c1-10(2)7(5-4-6-11)8(10)9(12)13-3/h4-5,7-8H,1-3H3/b5-4-/t7-,8-/m0/s1. The summed E-state index contributed by atoms with van der Waals surface area (Å²) in [7, 11) is 1.39. The zero-order valence-corrected chi connectivity index (χ0v) is 8.07. The molecule has 0 N–H and O–H groups in total. The third-order valence-electron chi connectivity index (χ3n) is 2.74. The quantitative estimate of drug-likeness (QED) is 0.477. The lowest BCUT2D eigenvalue weighted by Crippen LogP contribution is -2.07. The van der Waals surface area contributed by atoms with Crippen LogP contribution in [-0.2, 0) is 9.53 Å².